The van der Waals surface area contributed by atoms with E-state index in [1.165, 1.54) is 6.07 Å². The molecule has 1 unspecified atom stereocenters. The summed E-state index contributed by atoms with van der Waals surface area (Å²) in [5.74, 6) is 1.91. The van der Waals surface area contributed by atoms with Crippen LogP contribution in [0, 0.1) is 12.7 Å². The fourth-order valence-corrected chi connectivity index (χ4v) is 3.61. The molecule has 1 aliphatic rings. The highest BCUT2D eigenvalue weighted by Gasteiger charge is 2.18. The molecule has 1 atom stereocenters. The first-order valence-electron chi connectivity index (χ1n) is 10.3. The second-order valence-corrected chi connectivity index (χ2v) is 7.68. The summed E-state index contributed by atoms with van der Waals surface area (Å²) in [4.78, 5) is 2.00. The second kappa shape index (κ2) is 9.81. The van der Waals surface area contributed by atoms with E-state index in [0.717, 1.165) is 22.6 Å². The molecule has 4 rings (SSSR count). The zero-order valence-corrected chi connectivity index (χ0v) is 17.5. The number of nitrogens with zero attached hydrogens (tertiary/aromatic N) is 1. The molecular formula is C25H26FNO4. The molecule has 0 radical (unpaired) electrons. The minimum absolute atomic E-state index is 0.153. The van der Waals surface area contributed by atoms with Crippen LogP contribution in [0.5, 0.6) is 17.2 Å². The van der Waals surface area contributed by atoms with Crippen LogP contribution in [0.3, 0.4) is 0 Å². The highest BCUT2D eigenvalue weighted by molar-refractivity contribution is 5.44. The number of aryl methyl sites for hydroxylation is 1. The van der Waals surface area contributed by atoms with Gasteiger partial charge in [0.25, 0.3) is 0 Å². The third-order valence-corrected chi connectivity index (χ3v) is 5.19. The molecule has 0 saturated heterocycles. The van der Waals surface area contributed by atoms with Gasteiger partial charge in [-0.25, -0.2) is 4.39 Å². The maximum absolute atomic E-state index is 14.3. The summed E-state index contributed by atoms with van der Waals surface area (Å²) in [6.45, 7) is 3.54. The van der Waals surface area contributed by atoms with Crippen molar-refractivity contribution in [2.45, 2.75) is 26.1 Å². The first-order valence-corrected chi connectivity index (χ1v) is 10.3. The van der Waals surface area contributed by atoms with Gasteiger partial charge in [0.05, 0.1) is 0 Å². The molecular weight excluding hydrogens is 397 g/mol. The van der Waals surface area contributed by atoms with Gasteiger partial charge in [-0.15, -0.1) is 0 Å². The molecule has 0 saturated carbocycles. The van der Waals surface area contributed by atoms with Crippen LogP contribution >= 0.6 is 0 Å². The van der Waals surface area contributed by atoms with Crippen LogP contribution in [0.1, 0.15) is 16.7 Å². The number of fused-ring (bicyclic) bond motifs is 1. The summed E-state index contributed by atoms with van der Waals surface area (Å²) < 4.78 is 30.9. The molecule has 162 valence electrons. The van der Waals surface area contributed by atoms with Crippen LogP contribution in [0.25, 0.3) is 0 Å². The summed E-state index contributed by atoms with van der Waals surface area (Å²) in [6, 6.07) is 20.1. The molecule has 1 heterocycles. The lowest BCUT2D eigenvalue weighted by atomic mass is 10.1. The summed E-state index contributed by atoms with van der Waals surface area (Å²) in [6.07, 6.45) is -0.736. The lowest BCUT2D eigenvalue weighted by Crippen LogP contribution is -2.35. The SMILES string of the molecule is Cc1ccccc1OCC(O)CN(Cc1ccc2c(c1)OCO2)Cc1ccccc1F. The van der Waals surface area contributed by atoms with Crippen molar-refractivity contribution in [1.82, 2.24) is 4.90 Å². The van der Waals surface area contributed by atoms with E-state index in [-0.39, 0.29) is 19.2 Å². The molecule has 0 amide bonds. The second-order valence-electron chi connectivity index (χ2n) is 7.68. The Morgan fingerprint density at radius 3 is 2.61 bits per heavy atom. The van der Waals surface area contributed by atoms with Crippen molar-refractivity contribution in [2.75, 3.05) is 19.9 Å². The number of hydrogen-bond donors (Lipinski definition) is 1. The third kappa shape index (κ3) is 5.54. The Kier molecular flexibility index (Phi) is 6.70. The van der Waals surface area contributed by atoms with Crippen molar-refractivity contribution in [3.8, 4) is 17.2 Å². The van der Waals surface area contributed by atoms with Crippen molar-refractivity contribution < 1.29 is 23.7 Å². The van der Waals surface area contributed by atoms with Crippen LogP contribution in [-0.4, -0.2) is 36.1 Å². The van der Waals surface area contributed by atoms with Gasteiger partial charge in [0.2, 0.25) is 6.79 Å². The Morgan fingerprint density at radius 1 is 1.00 bits per heavy atom. The van der Waals surface area contributed by atoms with Crippen LogP contribution in [0.2, 0.25) is 0 Å². The van der Waals surface area contributed by atoms with Gasteiger partial charge in [0.1, 0.15) is 24.3 Å². The Hall–Kier alpha value is -3.09. The van der Waals surface area contributed by atoms with Gasteiger partial charge in [-0.3, -0.25) is 4.90 Å². The van der Waals surface area contributed by atoms with Gasteiger partial charge in [-0.1, -0.05) is 42.5 Å². The number of aliphatic hydroxyl groups excluding tert-OH is 1. The smallest absolute Gasteiger partial charge is 0.231 e. The number of halogens is 1. The number of aliphatic hydroxyl groups is 1. The topological polar surface area (TPSA) is 51.2 Å². The zero-order chi connectivity index (χ0) is 21.6. The van der Waals surface area contributed by atoms with Crippen LogP contribution in [0.4, 0.5) is 4.39 Å². The minimum atomic E-state index is -0.736. The van der Waals surface area contributed by atoms with E-state index in [0.29, 0.717) is 30.9 Å². The van der Waals surface area contributed by atoms with Gasteiger partial charge >= 0.3 is 0 Å². The standard InChI is InChI=1S/C25H26FNO4/c1-18-6-2-5-9-23(18)29-16-21(28)15-27(14-20-7-3-4-8-22(20)26)13-19-10-11-24-25(12-19)31-17-30-24/h2-12,21,28H,13-17H2,1H3. The largest absolute Gasteiger partial charge is 0.491 e. The highest BCUT2D eigenvalue weighted by Crippen LogP contribution is 2.33. The van der Waals surface area contributed by atoms with E-state index < -0.39 is 6.10 Å². The van der Waals surface area contributed by atoms with Crippen molar-refractivity contribution in [1.29, 1.82) is 0 Å². The minimum Gasteiger partial charge on any atom is -0.491 e. The lowest BCUT2D eigenvalue weighted by Gasteiger charge is -2.26. The Balaban J connectivity index is 1.45. The van der Waals surface area contributed by atoms with E-state index in [4.69, 9.17) is 14.2 Å². The summed E-state index contributed by atoms with van der Waals surface area (Å²) in [5, 5.41) is 10.6. The van der Waals surface area contributed by atoms with E-state index in [1.807, 2.05) is 60.4 Å². The quantitative estimate of drug-likeness (QED) is 0.556. The molecule has 0 fully saturated rings. The zero-order valence-electron chi connectivity index (χ0n) is 17.5. The first-order chi connectivity index (χ1) is 15.1. The molecule has 0 spiro atoms. The van der Waals surface area contributed by atoms with Crippen molar-refractivity contribution in [3.05, 3.63) is 89.2 Å². The van der Waals surface area contributed by atoms with Gasteiger partial charge in [-0.05, 0) is 42.3 Å². The maximum atomic E-state index is 14.3. The summed E-state index contributed by atoms with van der Waals surface area (Å²) in [5.41, 5.74) is 2.58. The molecule has 6 heteroatoms. The fraction of sp³-hybridized carbons (Fsp3) is 0.280. The molecule has 0 aromatic heterocycles. The first kappa shape index (κ1) is 21.2. The normalized spacial score (nSPS) is 13.4. The molecule has 1 aliphatic heterocycles. The van der Waals surface area contributed by atoms with Gasteiger partial charge in [0, 0.05) is 25.2 Å². The lowest BCUT2D eigenvalue weighted by molar-refractivity contribution is 0.0622. The summed E-state index contributed by atoms with van der Waals surface area (Å²) >= 11 is 0. The van der Waals surface area contributed by atoms with E-state index in [1.54, 1.807) is 12.1 Å². The number of benzene rings is 3. The number of para-hydroxylation sites is 1. The predicted molar refractivity (Wildman–Crippen MR) is 116 cm³/mol. The number of ether oxygens (including phenoxy) is 3. The van der Waals surface area contributed by atoms with E-state index >= 15 is 0 Å². The molecule has 5 nitrogen and oxygen atoms in total. The molecule has 3 aromatic carbocycles. The molecule has 31 heavy (non-hydrogen) atoms. The van der Waals surface area contributed by atoms with E-state index in [2.05, 4.69) is 0 Å². The Labute approximate surface area is 181 Å². The molecule has 0 aliphatic carbocycles. The number of rotatable bonds is 9. The average Bonchev–Trinajstić information content (AvgIpc) is 3.23. The Bertz CT molecular complexity index is 1030. The van der Waals surface area contributed by atoms with Crippen molar-refractivity contribution in [2.24, 2.45) is 0 Å². The van der Waals surface area contributed by atoms with Gasteiger partial charge in [-0.2, -0.15) is 0 Å². The molecule has 0 bridgehead atoms. The monoisotopic (exact) mass is 423 g/mol. The van der Waals surface area contributed by atoms with Crippen LogP contribution in [0.15, 0.2) is 66.7 Å². The van der Waals surface area contributed by atoms with E-state index in [9.17, 15) is 9.50 Å². The average molecular weight is 423 g/mol. The molecule has 1 N–H and O–H groups in total. The predicted octanol–water partition coefficient (Wildman–Crippen LogP) is 4.30. The third-order valence-electron chi connectivity index (χ3n) is 5.19. The summed E-state index contributed by atoms with van der Waals surface area (Å²) in [7, 11) is 0. The maximum Gasteiger partial charge on any atom is 0.231 e. The Morgan fingerprint density at radius 2 is 1.77 bits per heavy atom. The van der Waals surface area contributed by atoms with Crippen molar-refractivity contribution >= 4 is 0 Å². The van der Waals surface area contributed by atoms with Gasteiger partial charge < -0.3 is 19.3 Å². The fourth-order valence-electron chi connectivity index (χ4n) is 3.61. The van der Waals surface area contributed by atoms with Crippen LogP contribution in [-0.2, 0) is 13.1 Å². The van der Waals surface area contributed by atoms with Gasteiger partial charge in [0.15, 0.2) is 11.5 Å². The molecule has 3 aromatic rings. The highest BCUT2D eigenvalue weighted by atomic mass is 19.1. The number of hydrogen-bond acceptors (Lipinski definition) is 5. The van der Waals surface area contributed by atoms with Crippen LogP contribution < -0.4 is 14.2 Å². The van der Waals surface area contributed by atoms with Crippen molar-refractivity contribution in [3.63, 3.8) is 0 Å².